The van der Waals surface area contributed by atoms with Crippen molar-refractivity contribution < 1.29 is 4.79 Å². The number of nitrogens with zero attached hydrogens (tertiary/aromatic N) is 2. The van der Waals surface area contributed by atoms with E-state index in [1.807, 2.05) is 17.0 Å². The van der Waals surface area contributed by atoms with Gasteiger partial charge in [0.1, 0.15) is 5.82 Å². The van der Waals surface area contributed by atoms with Crippen LogP contribution in [0.4, 0.5) is 5.82 Å². The van der Waals surface area contributed by atoms with Gasteiger partial charge in [0.15, 0.2) is 0 Å². The first-order chi connectivity index (χ1) is 9.13. The summed E-state index contributed by atoms with van der Waals surface area (Å²) < 4.78 is 0. The summed E-state index contributed by atoms with van der Waals surface area (Å²) in [5.74, 6) is 2.23. The summed E-state index contributed by atoms with van der Waals surface area (Å²) in [5, 5.41) is 2.98. The molecule has 2 rings (SSSR count). The quantitative estimate of drug-likeness (QED) is 0.909. The van der Waals surface area contributed by atoms with Crippen molar-refractivity contribution in [2.45, 2.75) is 26.7 Å². The van der Waals surface area contributed by atoms with Crippen LogP contribution in [0.3, 0.4) is 0 Å². The van der Waals surface area contributed by atoms with E-state index >= 15 is 0 Å². The molecule has 19 heavy (non-hydrogen) atoms. The maximum Gasteiger partial charge on any atom is 0.257 e. The van der Waals surface area contributed by atoms with Crippen molar-refractivity contribution in [1.82, 2.24) is 9.88 Å². The molecule has 0 saturated carbocycles. The Morgan fingerprint density at radius 2 is 2.11 bits per heavy atom. The van der Waals surface area contributed by atoms with Crippen LogP contribution in [0.2, 0.25) is 0 Å². The molecule has 0 radical (unpaired) electrons. The topological polar surface area (TPSA) is 45.2 Å². The van der Waals surface area contributed by atoms with Crippen LogP contribution in [0.1, 0.15) is 37.0 Å². The van der Waals surface area contributed by atoms with Gasteiger partial charge in [-0.1, -0.05) is 13.8 Å². The van der Waals surface area contributed by atoms with Gasteiger partial charge in [-0.3, -0.25) is 4.79 Å². The van der Waals surface area contributed by atoms with Gasteiger partial charge in [-0.2, -0.15) is 0 Å². The third kappa shape index (κ3) is 3.06. The highest BCUT2D eigenvalue weighted by molar-refractivity contribution is 5.98. The molecule has 104 valence electrons. The van der Waals surface area contributed by atoms with Crippen molar-refractivity contribution in [2.75, 3.05) is 25.5 Å². The number of hydrogen-bond donors (Lipinski definition) is 1. The summed E-state index contributed by atoms with van der Waals surface area (Å²) in [6.07, 6.45) is 3.92. The summed E-state index contributed by atoms with van der Waals surface area (Å²) >= 11 is 0. The molecule has 1 aliphatic rings. The minimum Gasteiger partial charge on any atom is -0.372 e. The van der Waals surface area contributed by atoms with Crippen molar-refractivity contribution >= 4 is 11.7 Å². The first-order valence-corrected chi connectivity index (χ1v) is 7.05. The first kappa shape index (κ1) is 13.8. The van der Waals surface area contributed by atoms with E-state index < -0.39 is 0 Å². The van der Waals surface area contributed by atoms with Crippen molar-refractivity contribution in [3.05, 3.63) is 23.9 Å². The number of amides is 1. The van der Waals surface area contributed by atoms with Crippen molar-refractivity contribution in [3.8, 4) is 0 Å². The second kappa shape index (κ2) is 6.04. The second-order valence-electron chi connectivity index (χ2n) is 5.52. The summed E-state index contributed by atoms with van der Waals surface area (Å²) in [4.78, 5) is 18.7. The molecule has 0 spiro atoms. The zero-order valence-corrected chi connectivity index (χ0v) is 12.0. The van der Waals surface area contributed by atoms with Gasteiger partial charge in [-0.15, -0.1) is 0 Å². The minimum absolute atomic E-state index is 0.0969. The molecule has 0 aromatic carbocycles. The van der Waals surface area contributed by atoms with Gasteiger partial charge in [0, 0.05) is 26.3 Å². The van der Waals surface area contributed by atoms with E-state index in [0.717, 1.165) is 31.8 Å². The number of nitrogens with one attached hydrogen (secondary N) is 1. The highest BCUT2D eigenvalue weighted by Gasteiger charge is 2.26. The van der Waals surface area contributed by atoms with Gasteiger partial charge in [-0.05, 0) is 36.8 Å². The first-order valence-electron chi connectivity index (χ1n) is 7.05. The largest absolute Gasteiger partial charge is 0.372 e. The van der Waals surface area contributed by atoms with Gasteiger partial charge in [0.2, 0.25) is 0 Å². The molecule has 4 heteroatoms. The van der Waals surface area contributed by atoms with Crippen LogP contribution >= 0.6 is 0 Å². The smallest absolute Gasteiger partial charge is 0.257 e. The molecule has 1 fully saturated rings. The third-order valence-electron chi connectivity index (χ3n) is 4.04. The summed E-state index contributed by atoms with van der Waals surface area (Å²) in [7, 11) is 1.80. The number of carbonyl (C=O) groups is 1. The number of anilines is 1. The van der Waals surface area contributed by atoms with E-state index in [1.165, 1.54) is 0 Å². The van der Waals surface area contributed by atoms with E-state index in [9.17, 15) is 4.79 Å². The number of rotatable bonds is 3. The van der Waals surface area contributed by atoms with E-state index in [-0.39, 0.29) is 5.91 Å². The Kier molecular flexibility index (Phi) is 4.40. The average molecular weight is 261 g/mol. The highest BCUT2D eigenvalue weighted by Crippen LogP contribution is 2.26. The molecule has 1 aromatic heterocycles. The molecular weight excluding hydrogens is 238 g/mol. The maximum absolute atomic E-state index is 12.5. The lowest BCUT2D eigenvalue weighted by atomic mass is 9.86. The molecule has 4 nitrogen and oxygen atoms in total. The number of piperidine rings is 1. The number of likely N-dealkylation sites (tertiary alicyclic amines) is 1. The van der Waals surface area contributed by atoms with Crippen molar-refractivity contribution in [1.29, 1.82) is 0 Å². The summed E-state index contributed by atoms with van der Waals surface area (Å²) in [6, 6.07) is 3.66. The van der Waals surface area contributed by atoms with Crippen LogP contribution < -0.4 is 5.32 Å². The molecule has 1 saturated heterocycles. The van der Waals surface area contributed by atoms with Gasteiger partial charge in [0.05, 0.1) is 5.56 Å². The van der Waals surface area contributed by atoms with Gasteiger partial charge in [-0.25, -0.2) is 4.98 Å². The third-order valence-corrected chi connectivity index (χ3v) is 4.04. The monoisotopic (exact) mass is 261 g/mol. The SMILES string of the molecule is CNc1ncccc1C(=O)N1CCC(C(C)C)CC1. The van der Waals surface area contributed by atoms with E-state index in [4.69, 9.17) is 0 Å². The summed E-state index contributed by atoms with van der Waals surface area (Å²) in [5.41, 5.74) is 0.674. The lowest BCUT2D eigenvalue weighted by molar-refractivity contribution is 0.0668. The van der Waals surface area contributed by atoms with Gasteiger partial charge in [0.25, 0.3) is 5.91 Å². The Hall–Kier alpha value is -1.58. The predicted octanol–water partition coefficient (Wildman–Crippen LogP) is 2.63. The van der Waals surface area contributed by atoms with Crippen molar-refractivity contribution in [3.63, 3.8) is 0 Å². The van der Waals surface area contributed by atoms with Gasteiger partial charge >= 0.3 is 0 Å². The molecule has 1 amide bonds. The van der Waals surface area contributed by atoms with E-state index in [2.05, 4.69) is 24.1 Å². The highest BCUT2D eigenvalue weighted by atomic mass is 16.2. The van der Waals surface area contributed by atoms with Crippen LogP contribution in [0.25, 0.3) is 0 Å². The molecule has 0 bridgehead atoms. The Bertz CT molecular complexity index is 437. The van der Waals surface area contributed by atoms with Crippen LogP contribution in [-0.4, -0.2) is 35.9 Å². The van der Waals surface area contributed by atoms with Gasteiger partial charge < -0.3 is 10.2 Å². The minimum atomic E-state index is 0.0969. The molecule has 1 N–H and O–H groups in total. The Morgan fingerprint density at radius 3 is 2.68 bits per heavy atom. The molecule has 1 aromatic rings. The molecular formula is C15H23N3O. The predicted molar refractivity (Wildman–Crippen MR) is 77.2 cm³/mol. The number of aromatic nitrogens is 1. The number of hydrogen-bond acceptors (Lipinski definition) is 3. The van der Waals surface area contributed by atoms with Crippen LogP contribution in [0.15, 0.2) is 18.3 Å². The lowest BCUT2D eigenvalue weighted by Gasteiger charge is -2.34. The Morgan fingerprint density at radius 1 is 1.42 bits per heavy atom. The standard InChI is InChI=1S/C15H23N3O/c1-11(2)12-6-9-18(10-7-12)15(19)13-5-4-8-17-14(13)16-3/h4-5,8,11-12H,6-7,9-10H2,1-3H3,(H,16,17). The molecule has 1 aliphatic heterocycles. The zero-order valence-electron chi connectivity index (χ0n) is 12.0. The van der Waals surface area contributed by atoms with E-state index in [1.54, 1.807) is 13.2 Å². The molecule has 0 aliphatic carbocycles. The Balaban J connectivity index is 2.05. The van der Waals surface area contributed by atoms with E-state index in [0.29, 0.717) is 17.3 Å². The van der Waals surface area contributed by atoms with Crippen LogP contribution in [0.5, 0.6) is 0 Å². The normalized spacial score (nSPS) is 16.7. The van der Waals surface area contributed by atoms with Crippen LogP contribution in [-0.2, 0) is 0 Å². The molecule has 0 unspecified atom stereocenters. The number of pyridine rings is 1. The molecule has 0 atom stereocenters. The van der Waals surface area contributed by atoms with Crippen molar-refractivity contribution in [2.24, 2.45) is 11.8 Å². The lowest BCUT2D eigenvalue weighted by Crippen LogP contribution is -2.39. The fraction of sp³-hybridized carbons (Fsp3) is 0.600. The molecule has 2 heterocycles. The second-order valence-corrected chi connectivity index (χ2v) is 5.52. The fourth-order valence-corrected chi connectivity index (χ4v) is 2.72. The zero-order chi connectivity index (χ0) is 13.8. The summed E-state index contributed by atoms with van der Waals surface area (Å²) in [6.45, 7) is 6.25. The number of carbonyl (C=O) groups excluding carboxylic acids is 1. The Labute approximate surface area is 115 Å². The van der Waals surface area contributed by atoms with Crippen LogP contribution in [0, 0.1) is 11.8 Å². The average Bonchev–Trinajstić information content (AvgIpc) is 2.46. The maximum atomic E-state index is 12.5. The fourth-order valence-electron chi connectivity index (χ4n) is 2.72.